The number of fused-ring (bicyclic) bond motifs is 3. The highest BCUT2D eigenvalue weighted by molar-refractivity contribution is 7.80. The number of thiocarbonyl (C=S) groups is 1. The van der Waals surface area contributed by atoms with Gasteiger partial charge in [0.25, 0.3) is 5.17 Å². The standard InChI is InChI=1S/C14H19NO5S/c1-14-9(20-14)5-7-8(11(16)17-4)6-18-12(10(7)14)19-13(21)15(2)3/h6-7,9-10,12H,5H2,1-4H3. The summed E-state index contributed by atoms with van der Waals surface area (Å²) in [5.41, 5.74) is 0.236. The Bertz CT molecular complexity index is 519. The molecule has 1 saturated heterocycles. The van der Waals surface area contributed by atoms with Crippen LogP contribution in [0.15, 0.2) is 11.8 Å². The fourth-order valence-corrected chi connectivity index (χ4v) is 3.44. The van der Waals surface area contributed by atoms with E-state index in [0.29, 0.717) is 10.7 Å². The van der Waals surface area contributed by atoms with Gasteiger partial charge in [0.15, 0.2) is 0 Å². The molecule has 7 heteroatoms. The zero-order valence-corrected chi connectivity index (χ0v) is 13.3. The van der Waals surface area contributed by atoms with Gasteiger partial charge >= 0.3 is 5.97 Å². The topological polar surface area (TPSA) is 60.5 Å². The first-order chi connectivity index (χ1) is 9.88. The molecule has 3 aliphatic rings. The van der Waals surface area contributed by atoms with Gasteiger partial charge in [0.2, 0.25) is 6.29 Å². The van der Waals surface area contributed by atoms with Crippen LogP contribution >= 0.6 is 12.2 Å². The van der Waals surface area contributed by atoms with E-state index in [4.69, 9.17) is 31.2 Å². The number of epoxide rings is 1. The summed E-state index contributed by atoms with van der Waals surface area (Å²) < 4.78 is 22.0. The molecular formula is C14H19NO5S. The number of carbonyl (C=O) groups is 1. The van der Waals surface area contributed by atoms with Crippen LogP contribution in [0.4, 0.5) is 0 Å². The maximum Gasteiger partial charge on any atom is 0.337 e. The van der Waals surface area contributed by atoms with Crippen molar-refractivity contribution in [1.82, 2.24) is 4.90 Å². The lowest BCUT2D eigenvalue weighted by Gasteiger charge is -2.36. The van der Waals surface area contributed by atoms with Crippen molar-refractivity contribution >= 4 is 23.4 Å². The normalized spacial score (nSPS) is 39.3. The van der Waals surface area contributed by atoms with Gasteiger partial charge in [-0.1, -0.05) is 0 Å². The fraction of sp³-hybridized carbons (Fsp3) is 0.714. The molecule has 0 N–H and O–H groups in total. The van der Waals surface area contributed by atoms with Crippen molar-refractivity contribution in [2.45, 2.75) is 31.3 Å². The van der Waals surface area contributed by atoms with Gasteiger partial charge < -0.3 is 23.8 Å². The first kappa shape index (κ1) is 14.6. The van der Waals surface area contributed by atoms with Crippen LogP contribution in [0.5, 0.6) is 0 Å². The first-order valence-corrected chi connectivity index (χ1v) is 7.29. The van der Waals surface area contributed by atoms with E-state index in [2.05, 4.69) is 0 Å². The molecule has 6 nitrogen and oxygen atoms in total. The Balaban J connectivity index is 1.85. The van der Waals surface area contributed by atoms with E-state index in [9.17, 15) is 4.79 Å². The van der Waals surface area contributed by atoms with Crippen molar-refractivity contribution in [3.05, 3.63) is 11.8 Å². The lowest BCUT2D eigenvalue weighted by molar-refractivity contribution is -0.147. The molecular weight excluding hydrogens is 294 g/mol. The Morgan fingerprint density at radius 3 is 2.86 bits per heavy atom. The van der Waals surface area contributed by atoms with E-state index < -0.39 is 6.29 Å². The Hall–Kier alpha value is -1.34. The number of methoxy groups -OCH3 is 1. The summed E-state index contributed by atoms with van der Waals surface area (Å²) >= 11 is 5.18. The maximum absolute atomic E-state index is 11.9. The lowest BCUT2D eigenvalue weighted by Crippen LogP contribution is -2.44. The molecule has 3 rings (SSSR count). The average molecular weight is 313 g/mol. The minimum Gasteiger partial charge on any atom is -0.466 e. The van der Waals surface area contributed by atoms with Crippen LogP contribution in [0.2, 0.25) is 0 Å². The first-order valence-electron chi connectivity index (χ1n) is 6.88. The Morgan fingerprint density at radius 1 is 1.52 bits per heavy atom. The van der Waals surface area contributed by atoms with Crippen molar-refractivity contribution in [1.29, 1.82) is 0 Å². The number of rotatable bonds is 2. The number of hydrogen-bond donors (Lipinski definition) is 0. The van der Waals surface area contributed by atoms with Gasteiger partial charge in [-0.2, -0.15) is 0 Å². The monoisotopic (exact) mass is 313 g/mol. The molecule has 116 valence electrons. The van der Waals surface area contributed by atoms with Gasteiger partial charge in [-0.25, -0.2) is 4.79 Å². The minimum atomic E-state index is -0.546. The zero-order chi connectivity index (χ0) is 15.4. The third-order valence-corrected chi connectivity index (χ3v) is 5.03. The summed E-state index contributed by atoms with van der Waals surface area (Å²) in [6.07, 6.45) is 1.82. The van der Waals surface area contributed by atoms with Gasteiger partial charge in [-0.15, -0.1) is 0 Å². The smallest absolute Gasteiger partial charge is 0.337 e. The molecule has 0 aromatic carbocycles. The third kappa shape index (κ3) is 2.19. The van der Waals surface area contributed by atoms with E-state index in [0.717, 1.165) is 6.42 Å². The van der Waals surface area contributed by atoms with Crippen molar-refractivity contribution in [2.24, 2.45) is 11.8 Å². The van der Waals surface area contributed by atoms with Crippen molar-refractivity contribution in [2.75, 3.05) is 21.2 Å². The summed E-state index contributed by atoms with van der Waals surface area (Å²) in [5.74, 6) is -0.409. The molecule has 5 unspecified atom stereocenters. The van der Waals surface area contributed by atoms with Crippen LogP contribution in [0.3, 0.4) is 0 Å². The van der Waals surface area contributed by atoms with Crippen LogP contribution in [0, 0.1) is 11.8 Å². The van der Waals surface area contributed by atoms with Gasteiger partial charge in [0.1, 0.15) is 5.60 Å². The molecule has 0 spiro atoms. The second-order valence-corrected chi connectivity index (χ2v) is 6.35. The molecule has 21 heavy (non-hydrogen) atoms. The average Bonchev–Trinajstić information content (AvgIpc) is 3.00. The quantitative estimate of drug-likeness (QED) is 0.429. The summed E-state index contributed by atoms with van der Waals surface area (Å²) in [4.78, 5) is 13.6. The predicted molar refractivity (Wildman–Crippen MR) is 77.2 cm³/mol. The molecule has 0 radical (unpaired) electrons. The molecule has 1 saturated carbocycles. The van der Waals surface area contributed by atoms with Crippen LogP contribution in [-0.2, 0) is 23.7 Å². The molecule has 0 aromatic heterocycles. The zero-order valence-electron chi connectivity index (χ0n) is 12.5. The molecule has 2 heterocycles. The van der Waals surface area contributed by atoms with Crippen molar-refractivity contribution < 1.29 is 23.7 Å². The van der Waals surface area contributed by atoms with E-state index in [1.807, 2.05) is 21.0 Å². The number of nitrogens with zero attached hydrogens (tertiary/aromatic N) is 1. The van der Waals surface area contributed by atoms with E-state index in [1.165, 1.54) is 13.4 Å². The summed E-state index contributed by atoms with van der Waals surface area (Å²) in [5, 5.41) is 0.348. The van der Waals surface area contributed by atoms with Gasteiger partial charge in [0, 0.05) is 20.0 Å². The Morgan fingerprint density at radius 2 is 2.24 bits per heavy atom. The highest BCUT2D eigenvalue weighted by atomic mass is 32.1. The van der Waals surface area contributed by atoms with Gasteiger partial charge in [-0.3, -0.25) is 0 Å². The van der Waals surface area contributed by atoms with Crippen LogP contribution in [0.25, 0.3) is 0 Å². The molecule has 2 fully saturated rings. The highest BCUT2D eigenvalue weighted by Gasteiger charge is 2.70. The third-order valence-electron chi connectivity index (χ3n) is 4.57. The van der Waals surface area contributed by atoms with Crippen molar-refractivity contribution in [3.63, 3.8) is 0 Å². The van der Waals surface area contributed by atoms with Crippen LogP contribution in [-0.4, -0.2) is 55.2 Å². The van der Waals surface area contributed by atoms with Gasteiger partial charge in [0.05, 0.1) is 31.0 Å². The molecule has 1 aliphatic carbocycles. The Labute approximate surface area is 129 Å². The maximum atomic E-state index is 11.9. The second-order valence-electron chi connectivity index (χ2n) is 6.01. The number of esters is 1. The van der Waals surface area contributed by atoms with Crippen LogP contribution in [0.1, 0.15) is 13.3 Å². The van der Waals surface area contributed by atoms with E-state index in [1.54, 1.807) is 4.90 Å². The lowest BCUT2D eigenvalue weighted by atomic mass is 9.82. The van der Waals surface area contributed by atoms with E-state index >= 15 is 0 Å². The molecule has 2 aliphatic heterocycles. The Kier molecular flexibility index (Phi) is 3.37. The van der Waals surface area contributed by atoms with E-state index in [-0.39, 0.29) is 29.5 Å². The second kappa shape index (κ2) is 4.84. The largest absolute Gasteiger partial charge is 0.466 e. The molecule has 0 aromatic rings. The summed E-state index contributed by atoms with van der Waals surface area (Å²) in [6, 6.07) is 0. The number of hydrogen-bond acceptors (Lipinski definition) is 6. The predicted octanol–water partition coefficient (Wildman–Crippen LogP) is 1.06. The van der Waals surface area contributed by atoms with Gasteiger partial charge in [-0.05, 0) is 25.6 Å². The van der Waals surface area contributed by atoms with Crippen molar-refractivity contribution in [3.8, 4) is 0 Å². The van der Waals surface area contributed by atoms with Crippen LogP contribution < -0.4 is 0 Å². The summed E-state index contributed by atoms with van der Waals surface area (Å²) in [6.45, 7) is 2.03. The molecule has 0 bridgehead atoms. The number of ether oxygens (including phenoxy) is 4. The fourth-order valence-electron chi connectivity index (χ4n) is 3.34. The highest BCUT2D eigenvalue weighted by Crippen LogP contribution is 2.61. The minimum absolute atomic E-state index is 0.0184. The SMILES string of the molecule is COC(=O)C1=COC(OC(=S)N(C)C)C2C1CC1OC12C. The summed E-state index contributed by atoms with van der Waals surface area (Å²) in [7, 11) is 4.99. The number of carbonyl (C=O) groups excluding carboxylic acids is 1. The molecule has 0 amide bonds. The molecule has 5 atom stereocenters.